The Morgan fingerprint density at radius 2 is 1.67 bits per heavy atom. The molecule has 0 saturated carbocycles. The number of nitrogens with zero attached hydrogens (tertiary/aromatic N) is 3. The number of aromatic nitrogens is 1. The summed E-state index contributed by atoms with van der Waals surface area (Å²) in [6.45, 7) is 4.21. The Balaban J connectivity index is 0.00000259. The maximum absolute atomic E-state index is 10.5. The maximum atomic E-state index is 10.5. The van der Waals surface area contributed by atoms with Gasteiger partial charge in [-0.25, -0.2) is 5.26 Å². The summed E-state index contributed by atoms with van der Waals surface area (Å²) in [6, 6.07) is 28.4. The average Bonchev–Trinajstić information content (AvgIpc) is 3.10. The van der Waals surface area contributed by atoms with Crippen LogP contribution in [-0.4, -0.2) is 15.8 Å². The van der Waals surface area contributed by atoms with Gasteiger partial charge in [-0.2, -0.15) is 0 Å². The van der Waals surface area contributed by atoms with Crippen LogP contribution in [0.1, 0.15) is 30.5 Å². The molecule has 0 amide bonds. The van der Waals surface area contributed by atoms with Gasteiger partial charge in [0, 0.05) is 49.6 Å². The first-order valence-corrected chi connectivity index (χ1v) is 10.4. The standard InChI is InChI=1S/C28H20N3O.Pt/c1-28(2)23-10-7-9-20(26(23)31-27(28)21-8-3-4-12-25(21)32)22-16-18(13-14-19(22)17-29)24-11-5-6-15-30-24;/h3-15,32H,1-2H3;/q-1;. The largest absolute Gasteiger partial charge is 0.507 e. The van der Waals surface area contributed by atoms with Gasteiger partial charge >= 0.3 is 0 Å². The number of phenolic OH excluding ortho intramolecular Hbond substituents is 1. The quantitative estimate of drug-likeness (QED) is 0.281. The van der Waals surface area contributed by atoms with Crippen LogP contribution in [0.5, 0.6) is 5.75 Å². The van der Waals surface area contributed by atoms with Gasteiger partial charge in [-0.1, -0.05) is 73.0 Å². The van der Waals surface area contributed by atoms with Gasteiger partial charge in [0.1, 0.15) is 5.75 Å². The number of aromatic hydroxyl groups is 1. The van der Waals surface area contributed by atoms with E-state index >= 15 is 0 Å². The number of hydrogen-bond acceptors (Lipinski definition) is 4. The van der Waals surface area contributed by atoms with Crippen molar-refractivity contribution in [3.05, 3.63) is 102 Å². The first-order valence-electron chi connectivity index (χ1n) is 10.4. The van der Waals surface area contributed by atoms with Crippen LogP contribution in [0.25, 0.3) is 22.4 Å². The van der Waals surface area contributed by atoms with Crippen LogP contribution >= 0.6 is 0 Å². The Hall–Kier alpha value is -3.54. The Morgan fingerprint density at radius 1 is 0.909 bits per heavy atom. The third-order valence-electron chi connectivity index (χ3n) is 5.96. The molecule has 5 heteroatoms. The van der Waals surface area contributed by atoms with Crippen LogP contribution in [-0.2, 0) is 26.5 Å². The second kappa shape index (κ2) is 8.77. The molecule has 164 valence electrons. The number of benzene rings is 3. The molecule has 0 atom stereocenters. The predicted molar refractivity (Wildman–Crippen MR) is 126 cm³/mol. The van der Waals surface area contributed by atoms with Crippen molar-refractivity contribution in [2.75, 3.05) is 0 Å². The molecule has 33 heavy (non-hydrogen) atoms. The van der Waals surface area contributed by atoms with Gasteiger partial charge in [0.25, 0.3) is 0 Å². The van der Waals surface area contributed by atoms with Crippen LogP contribution < -0.4 is 0 Å². The normalized spacial score (nSPS) is 13.4. The maximum Gasteiger partial charge on any atom is 0.124 e. The molecule has 1 aliphatic heterocycles. The fraction of sp³-hybridized carbons (Fsp3) is 0.107. The number of pyridine rings is 1. The topological polar surface area (TPSA) is 69.3 Å². The van der Waals surface area contributed by atoms with E-state index in [9.17, 15) is 10.4 Å². The third-order valence-corrected chi connectivity index (χ3v) is 5.96. The molecule has 3 aromatic carbocycles. The summed E-state index contributed by atoms with van der Waals surface area (Å²) in [5.41, 5.74) is 6.65. The number of hydrogen-bond donors (Lipinski definition) is 1. The molecule has 1 N–H and O–H groups in total. The van der Waals surface area contributed by atoms with Gasteiger partial charge < -0.3 is 5.11 Å². The average molecular weight is 610 g/mol. The third kappa shape index (κ3) is 3.79. The van der Waals surface area contributed by atoms with Crippen LogP contribution in [0.3, 0.4) is 0 Å². The SMILES string of the molecule is CC1(C)C(c2ccccc2O)=Nc2c(-c3[c-]c(-c4ccccn4)ccc3C#N)cccc21.[Pt]. The fourth-order valence-corrected chi connectivity index (χ4v) is 4.29. The minimum Gasteiger partial charge on any atom is -0.507 e. The molecule has 0 saturated heterocycles. The molecule has 1 aromatic heterocycles. The number of rotatable bonds is 3. The van der Waals surface area contributed by atoms with Crippen LogP contribution in [0, 0.1) is 17.4 Å². The van der Waals surface area contributed by atoms with E-state index in [1.54, 1.807) is 18.3 Å². The summed E-state index contributed by atoms with van der Waals surface area (Å²) in [6.07, 6.45) is 1.74. The summed E-state index contributed by atoms with van der Waals surface area (Å²) in [4.78, 5) is 9.43. The van der Waals surface area contributed by atoms with E-state index in [4.69, 9.17) is 4.99 Å². The zero-order chi connectivity index (χ0) is 22.3. The second-order valence-electron chi connectivity index (χ2n) is 8.29. The van der Waals surface area contributed by atoms with E-state index in [0.717, 1.165) is 33.8 Å². The first kappa shape index (κ1) is 22.6. The van der Waals surface area contributed by atoms with Gasteiger partial charge in [0.15, 0.2) is 0 Å². The van der Waals surface area contributed by atoms with Crippen LogP contribution in [0.4, 0.5) is 5.69 Å². The molecule has 0 bridgehead atoms. The van der Waals surface area contributed by atoms with E-state index in [2.05, 4.69) is 37.0 Å². The Kier molecular flexibility index (Phi) is 6.02. The molecular weight excluding hydrogens is 589 g/mol. The van der Waals surface area contributed by atoms with Crippen molar-refractivity contribution >= 4 is 11.4 Å². The fourth-order valence-electron chi connectivity index (χ4n) is 4.29. The van der Waals surface area contributed by atoms with Crippen molar-refractivity contribution in [1.82, 2.24) is 4.98 Å². The van der Waals surface area contributed by atoms with Crippen molar-refractivity contribution in [3.63, 3.8) is 0 Å². The summed E-state index contributed by atoms with van der Waals surface area (Å²) in [5, 5.41) is 20.3. The number of aliphatic imine (C=N–C) groups is 1. The van der Waals surface area contributed by atoms with Gasteiger partial charge in [0.2, 0.25) is 0 Å². The minimum absolute atomic E-state index is 0. The van der Waals surface area contributed by atoms with Crippen molar-refractivity contribution in [2.24, 2.45) is 4.99 Å². The molecule has 4 nitrogen and oxygen atoms in total. The minimum atomic E-state index is -0.407. The second-order valence-corrected chi connectivity index (χ2v) is 8.29. The molecule has 1 aliphatic rings. The van der Waals surface area contributed by atoms with Crippen molar-refractivity contribution < 1.29 is 26.2 Å². The zero-order valence-electron chi connectivity index (χ0n) is 18.1. The number of fused-ring (bicyclic) bond motifs is 1. The number of para-hydroxylation sites is 2. The zero-order valence-corrected chi connectivity index (χ0v) is 20.4. The van der Waals surface area contributed by atoms with Crippen LogP contribution in [0.2, 0.25) is 0 Å². The van der Waals surface area contributed by atoms with Gasteiger partial charge in [-0.05, 0) is 29.3 Å². The monoisotopic (exact) mass is 609 g/mol. The predicted octanol–water partition coefficient (Wildman–Crippen LogP) is 6.20. The Labute approximate surface area is 207 Å². The Morgan fingerprint density at radius 3 is 2.39 bits per heavy atom. The molecule has 0 fully saturated rings. The molecule has 2 heterocycles. The van der Waals surface area contributed by atoms with E-state index in [1.165, 1.54) is 0 Å². The van der Waals surface area contributed by atoms with E-state index in [-0.39, 0.29) is 26.8 Å². The Bertz CT molecular complexity index is 1420. The molecular formula is C28H20N3OPt-. The number of phenols is 1. The molecule has 5 rings (SSSR count). The smallest absolute Gasteiger partial charge is 0.124 e. The molecule has 4 aromatic rings. The molecule has 0 radical (unpaired) electrons. The van der Waals surface area contributed by atoms with Crippen molar-refractivity contribution in [3.8, 4) is 34.2 Å². The van der Waals surface area contributed by atoms with Gasteiger partial charge in [-0.3, -0.25) is 9.98 Å². The molecule has 0 spiro atoms. The van der Waals surface area contributed by atoms with Crippen LogP contribution in [0.15, 0.2) is 84.0 Å². The summed E-state index contributed by atoms with van der Waals surface area (Å²) >= 11 is 0. The summed E-state index contributed by atoms with van der Waals surface area (Å²) in [7, 11) is 0. The first-order chi connectivity index (χ1) is 15.5. The van der Waals surface area contributed by atoms with Crippen molar-refractivity contribution in [1.29, 1.82) is 5.26 Å². The van der Waals surface area contributed by atoms with Gasteiger partial charge in [0.05, 0.1) is 11.8 Å². The van der Waals surface area contributed by atoms with Gasteiger partial charge in [-0.15, -0.1) is 18.2 Å². The van der Waals surface area contributed by atoms with E-state index < -0.39 is 5.41 Å². The molecule has 0 aliphatic carbocycles. The van der Waals surface area contributed by atoms with E-state index in [0.29, 0.717) is 16.7 Å². The molecule has 0 unspecified atom stereocenters. The number of nitriles is 1. The summed E-state index contributed by atoms with van der Waals surface area (Å²) in [5.74, 6) is 0.204. The van der Waals surface area contributed by atoms with Crippen molar-refractivity contribution in [2.45, 2.75) is 19.3 Å². The summed E-state index contributed by atoms with van der Waals surface area (Å²) < 4.78 is 0. The van der Waals surface area contributed by atoms with E-state index in [1.807, 2.05) is 54.6 Å².